The Morgan fingerprint density at radius 1 is 0.971 bits per heavy atom. The van der Waals surface area contributed by atoms with Gasteiger partial charge in [0.2, 0.25) is 0 Å². The van der Waals surface area contributed by atoms with Gasteiger partial charge in [0.1, 0.15) is 0 Å². The predicted octanol–water partition coefficient (Wildman–Crippen LogP) is 5.18. The highest BCUT2D eigenvalue weighted by molar-refractivity contribution is 6.31. The molecular formula is C25H26ClF3N4O. The maximum absolute atomic E-state index is 12.9. The first-order valence-electron chi connectivity index (χ1n) is 11.1. The smallest absolute Gasteiger partial charge is 0.336 e. The standard InChI is InChI=1S/C25H26ClF3N4O/c1-17-23(26)18(2)33(30-17)16-19-6-8-21(9-7-19)24(34)32-12-10-31(11-13-32)15-20-4-3-5-22(14-20)25(27,28)29/h3-9,14H,10-13,15-16H2,1-2H3. The van der Waals surface area contributed by atoms with E-state index in [1.807, 2.05) is 42.8 Å². The van der Waals surface area contributed by atoms with Gasteiger partial charge in [-0.2, -0.15) is 18.3 Å². The fraction of sp³-hybridized carbons (Fsp3) is 0.360. The second-order valence-corrected chi connectivity index (χ2v) is 8.98. The maximum Gasteiger partial charge on any atom is 0.416 e. The van der Waals surface area contributed by atoms with Crippen LogP contribution in [0, 0.1) is 13.8 Å². The molecule has 0 N–H and O–H groups in total. The molecule has 1 aliphatic rings. The topological polar surface area (TPSA) is 41.4 Å². The van der Waals surface area contributed by atoms with Crippen LogP contribution in [0.15, 0.2) is 48.5 Å². The van der Waals surface area contributed by atoms with E-state index in [9.17, 15) is 18.0 Å². The van der Waals surface area contributed by atoms with E-state index >= 15 is 0 Å². The van der Waals surface area contributed by atoms with Gasteiger partial charge in [-0.25, -0.2) is 0 Å². The fourth-order valence-corrected chi connectivity index (χ4v) is 4.29. The summed E-state index contributed by atoms with van der Waals surface area (Å²) in [6.07, 6.45) is -4.35. The van der Waals surface area contributed by atoms with Gasteiger partial charge in [-0.1, -0.05) is 41.9 Å². The van der Waals surface area contributed by atoms with Gasteiger partial charge in [0.05, 0.1) is 28.5 Å². The first-order chi connectivity index (χ1) is 16.1. The average Bonchev–Trinajstić information content (AvgIpc) is 3.05. The van der Waals surface area contributed by atoms with Crippen LogP contribution in [0.4, 0.5) is 13.2 Å². The van der Waals surface area contributed by atoms with Crippen molar-refractivity contribution in [1.82, 2.24) is 19.6 Å². The normalized spacial score (nSPS) is 15.1. The zero-order valence-electron chi connectivity index (χ0n) is 19.1. The second-order valence-electron chi connectivity index (χ2n) is 8.61. The zero-order chi connectivity index (χ0) is 24.5. The number of carbonyl (C=O) groups is 1. The first-order valence-corrected chi connectivity index (χ1v) is 11.5. The van der Waals surface area contributed by atoms with Crippen LogP contribution in [-0.4, -0.2) is 51.7 Å². The number of hydrogen-bond acceptors (Lipinski definition) is 3. The number of aromatic nitrogens is 2. The third kappa shape index (κ3) is 5.45. The van der Waals surface area contributed by atoms with Gasteiger partial charge in [-0.15, -0.1) is 0 Å². The second kappa shape index (κ2) is 9.80. The van der Waals surface area contributed by atoms with E-state index in [0.717, 1.165) is 23.0 Å². The molecule has 2 heterocycles. The molecule has 2 aromatic carbocycles. The van der Waals surface area contributed by atoms with Crippen molar-refractivity contribution in [2.45, 2.75) is 33.1 Å². The monoisotopic (exact) mass is 490 g/mol. The number of nitrogens with zero attached hydrogens (tertiary/aromatic N) is 4. The zero-order valence-corrected chi connectivity index (χ0v) is 19.8. The highest BCUT2D eigenvalue weighted by Crippen LogP contribution is 2.30. The molecule has 1 aliphatic heterocycles. The molecule has 4 rings (SSSR count). The van der Waals surface area contributed by atoms with Gasteiger partial charge in [0.15, 0.2) is 0 Å². The third-order valence-corrected chi connectivity index (χ3v) is 6.69. The van der Waals surface area contributed by atoms with Crippen LogP contribution in [0.5, 0.6) is 0 Å². The van der Waals surface area contributed by atoms with E-state index in [0.29, 0.717) is 55.4 Å². The van der Waals surface area contributed by atoms with Crippen molar-refractivity contribution in [2.24, 2.45) is 0 Å². The van der Waals surface area contributed by atoms with Crippen molar-refractivity contribution >= 4 is 17.5 Å². The summed E-state index contributed by atoms with van der Waals surface area (Å²) < 4.78 is 40.7. The number of alkyl halides is 3. The molecule has 0 saturated carbocycles. The molecule has 1 amide bonds. The highest BCUT2D eigenvalue weighted by atomic mass is 35.5. The molecule has 34 heavy (non-hydrogen) atoms. The summed E-state index contributed by atoms with van der Waals surface area (Å²) in [5.41, 5.74) is 3.31. The van der Waals surface area contributed by atoms with Crippen LogP contribution in [0.3, 0.4) is 0 Å². The molecule has 5 nitrogen and oxygen atoms in total. The third-order valence-electron chi connectivity index (χ3n) is 6.15. The molecule has 1 saturated heterocycles. The summed E-state index contributed by atoms with van der Waals surface area (Å²) in [5, 5.41) is 5.10. The SMILES string of the molecule is Cc1nn(Cc2ccc(C(=O)N3CCN(Cc4cccc(C(F)(F)F)c4)CC3)cc2)c(C)c1Cl. The number of amides is 1. The lowest BCUT2D eigenvalue weighted by Crippen LogP contribution is -2.48. The number of hydrogen-bond donors (Lipinski definition) is 0. The molecule has 0 bridgehead atoms. The lowest BCUT2D eigenvalue weighted by Gasteiger charge is -2.35. The lowest BCUT2D eigenvalue weighted by atomic mass is 10.1. The van der Waals surface area contributed by atoms with Gasteiger partial charge in [-0.3, -0.25) is 14.4 Å². The van der Waals surface area contributed by atoms with Gasteiger partial charge in [0.25, 0.3) is 5.91 Å². The van der Waals surface area contributed by atoms with Crippen molar-refractivity contribution in [2.75, 3.05) is 26.2 Å². The predicted molar refractivity (Wildman–Crippen MR) is 125 cm³/mol. The first kappa shape index (κ1) is 24.3. The molecule has 3 aromatic rings. The molecule has 0 atom stereocenters. The summed E-state index contributed by atoms with van der Waals surface area (Å²) in [7, 11) is 0. The van der Waals surface area contributed by atoms with Crippen LogP contribution in [0.1, 0.15) is 38.4 Å². The van der Waals surface area contributed by atoms with Gasteiger partial charge in [0, 0.05) is 38.3 Å². The molecule has 180 valence electrons. The van der Waals surface area contributed by atoms with Crippen LogP contribution >= 0.6 is 11.6 Å². The highest BCUT2D eigenvalue weighted by Gasteiger charge is 2.30. The minimum absolute atomic E-state index is 0.0422. The lowest BCUT2D eigenvalue weighted by molar-refractivity contribution is -0.137. The van der Waals surface area contributed by atoms with Gasteiger partial charge >= 0.3 is 6.18 Å². The van der Waals surface area contributed by atoms with E-state index in [1.165, 1.54) is 12.1 Å². The van der Waals surface area contributed by atoms with E-state index in [1.54, 1.807) is 11.0 Å². The molecule has 0 spiro atoms. The summed E-state index contributed by atoms with van der Waals surface area (Å²) >= 11 is 6.22. The van der Waals surface area contributed by atoms with Crippen LogP contribution in [-0.2, 0) is 19.3 Å². The van der Waals surface area contributed by atoms with Gasteiger partial charge < -0.3 is 4.90 Å². The fourth-order valence-electron chi connectivity index (χ4n) is 4.15. The van der Waals surface area contributed by atoms with E-state index in [4.69, 9.17) is 11.6 Å². The summed E-state index contributed by atoms with van der Waals surface area (Å²) in [5.74, 6) is -0.0422. The number of piperazine rings is 1. The Kier molecular flexibility index (Phi) is 7.00. The molecular weight excluding hydrogens is 465 g/mol. The molecule has 1 fully saturated rings. The maximum atomic E-state index is 12.9. The Morgan fingerprint density at radius 2 is 1.65 bits per heavy atom. The number of aryl methyl sites for hydroxylation is 1. The van der Waals surface area contributed by atoms with Crippen LogP contribution in [0.25, 0.3) is 0 Å². The molecule has 1 aromatic heterocycles. The quantitative estimate of drug-likeness (QED) is 0.495. The minimum atomic E-state index is -4.35. The van der Waals surface area contributed by atoms with E-state index in [-0.39, 0.29) is 5.91 Å². The Labute approximate surface area is 201 Å². The summed E-state index contributed by atoms with van der Waals surface area (Å²) in [6.45, 7) is 7.07. The van der Waals surface area contributed by atoms with Crippen molar-refractivity contribution in [3.63, 3.8) is 0 Å². The molecule has 9 heteroatoms. The average molecular weight is 491 g/mol. The number of benzene rings is 2. The largest absolute Gasteiger partial charge is 0.416 e. The summed E-state index contributed by atoms with van der Waals surface area (Å²) in [6, 6.07) is 12.9. The van der Waals surface area contributed by atoms with E-state index < -0.39 is 11.7 Å². The van der Waals surface area contributed by atoms with Crippen molar-refractivity contribution < 1.29 is 18.0 Å². The Balaban J connectivity index is 1.32. The molecule has 0 unspecified atom stereocenters. The van der Waals surface area contributed by atoms with Crippen molar-refractivity contribution in [3.8, 4) is 0 Å². The van der Waals surface area contributed by atoms with Gasteiger partial charge in [-0.05, 0) is 43.2 Å². The Bertz CT molecular complexity index is 1170. The van der Waals surface area contributed by atoms with Crippen molar-refractivity contribution in [1.29, 1.82) is 0 Å². The Hall–Kier alpha value is -2.84. The minimum Gasteiger partial charge on any atom is -0.336 e. The molecule has 0 aliphatic carbocycles. The summed E-state index contributed by atoms with van der Waals surface area (Å²) in [4.78, 5) is 16.8. The van der Waals surface area contributed by atoms with Crippen LogP contribution < -0.4 is 0 Å². The number of rotatable bonds is 5. The van der Waals surface area contributed by atoms with Crippen LogP contribution in [0.2, 0.25) is 5.02 Å². The Morgan fingerprint density at radius 3 is 2.24 bits per heavy atom. The molecule has 0 radical (unpaired) electrons. The number of carbonyl (C=O) groups excluding carboxylic acids is 1. The van der Waals surface area contributed by atoms with E-state index in [2.05, 4.69) is 10.00 Å². The number of halogens is 4. The van der Waals surface area contributed by atoms with Crippen molar-refractivity contribution in [3.05, 3.63) is 87.2 Å².